The van der Waals surface area contributed by atoms with E-state index in [4.69, 9.17) is 16.3 Å². The molecule has 0 aliphatic heterocycles. The summed E-state index contributed by atoms with van der Waals surface area (Å²) in [4.78, 5) is 22.9. The Morgan fingerprint density at radius 2 is 1.88 bits per heavy atom. The Bertz CT molecular complexity index is 708. The SMILES string of the molecule is CCOC(=O)C(N=Nc1cc(OC(C)C)c(Cl)cc1F)C(=O)C(F)(F)F. The van der Waals surface area contributed by atoms with Crippen molar-refractivity contribution in [2.75, 3.05) is 6.61 Å². The minimum Gasteiger partial charge on any atom is -0.489 e. The lowest BCUT2D eigenvalue weighted by Crippen LogP contribution is -2.39. The fourth-order valence-electron chi connectivity index (χ4n) is 1.64. The number of carbonyl (C=O) groups is 2. The van der Waals surface area contributed by atoms with Gasteiger partial charge in [-0.15, -0.1) is 0 Å². The van der Waals surface area contributed by atoms with Gasteiger partial charge in [0, 0.05) is 6.07 Å². The lowest BCUT2D eigenvalue weighted by atomic mass is 10.2. The summed E-state index contributed by atoms with van der Waals surface area (Å²) in [5, 5.41) is 6.18. The number of carbonyl (C=O) groups excluding carboxylic acids is 2. The molecule has 1 aromatic rings. The van der Waals surface area contributed by atoms with Gasteiger partial charge < -0.3 is 9.47 Å². The summed E-state index contributed by atoms with van der Waals surface area (Å²) in [7, 11) is 0. The van der Waals surface area contributed by atoms with Crippen LogP contribution in [0.3, 0.4) is 0 Å². The number of ether oxygens (including phenoxy) is 2. The van der Waals surface area contributed by atoms with Gasteiger partial charge in [0.1, 0.15) is 11.4 Å². The lowest BCUT2D eigenvalue weighted by Gasteiger charge is -2.13. The normalized spacial score (nSPS) is 13.1. The van der Waals surface area contributed by atoms with Crippen molar-refractivity contribution in [2.24, 2.45) is 10.2 Å². The molecule has 0 radical (unpaired) electrons. The maximum Gasteiger partial charge on any atom is 0.453 e. The average Bonchev–Trinajstić information content (AvgIpc) is 2.50. The van der Waals surface area contributed by atoms with Crippen molar-refractivity contribution < 1.29 is 36.6 Å². The third kappa shape index (κ3) is 5.94. The molecule has 6 nitrogen and oxygen atoms in total. The van der Waals surface area contributed by atoms with Gasteiger partial charge in [-0.2, -0.15) is 23.4 Å². The van der Waals surface area contributed by atoms with Crippen LogP contribution < -0.4 is 4.74 Å². The quantitative estimate of drug-likeness (QED) is 0.295. The number of Topliss-reactive ketones (excluding diaryl/α,β-unsaturated/α-hetero) is 1. The zero-order valence-electron chi connectivity index (χ0n) is 13.9. The Hall–Kier alpha value is -2.23. The number of ketones is 1. The monoisotopic (exact) mass is 398 g/mol. The summed E-state index contributed by atoms with van der Waals surface area (Å²) in [5.74, 6) is -5.05. The molecule has 0 saturated heterocycles. The number of hydrogen-bond acceptors (Lipinski definition) is 6. The van der Waals surface area contributed by atoms with Gasteiger partial charge in [-0.3, -0.25) is 4.79 Å². The van der Waals surface area contributed by atoms with Gasteiger partial charge in [0.2, 0.25) is 6.04 Å². The molecule has 1 unspecified atom stereocenters. The number of nitrogens with zero attached hydrogens (tertiary/aromatic N) is 2. The van der Waals surface area contributed by atoms with Crippen molar-refractivity contribution in [1.29, 1.82) is 0 Å². The van der Waals surface area contributed by atoms with Crippen LogP contribution in [0.4, 0.5) is 23.2 Å². The van der Waals surface area contributed by atoms with Crippen LogP contribution >= 0.6 is 11.6 Å². The van der Waals surface area contributed by atoms with Crippen molar-refractivity contribution in [3.63, 3.8) is 0 Å². The molecule has 0 aromatic heterocycles. The highest BCUT2D eigenvalue weighted by Gasteiger charge is 2.47. The summed E-state index contributed by atoms with van der Waals surface area (Å²) in [6.07, 6.45) is -5.68. The highest BCUT2D eigenvalue weighted by Crippen LogP contribution is 2.33. The predicted molar refractivity (Wildman–Crippen MR) is 83.2 cm³/mol. The summed E-state index contributed by atoms with van der Waals surface area (Å²) in [6.45, 7) is 4.38. The Balaban J connectivity index is 3.24. The first-order valence-corrected chi connectivity index (χ1v) is 7.69. The molecule has 0 heterocycles. The highest BCUT2D eigenvalue weighted by atomic mass is 35.5. The first-order valence-electron chi connectivity index (χ1n) is 7.31. The molecule has 11 heteroatoms. The van der Waals surface area contributed by atoms with Crippen LogP contribution in [0.15, 0.2) is 22.4 Å². The summed E-state index contributed by atoms with van der Waals surface area (Å²) in [6, 6.07) is -0.792. The largest absolute Gasteiger partial charge is 0.489 e. The van der Waals surface area contributed by atoms with Gasteiger partial charge >= 0.3 is 12.1 Å². The molecule has 0 spiro atoms. The van der Waals surface area contributed by atoms with Gasteiger partial charge in [-0.1, -0.05) is 11.6 Å². The third-order valence-corrected chi connectivity index (χ3v) is 2.98. The summed E-state index contributed by atoms with van der Waals surface area (Å²) >= 11 is 5.80. The maximum atomic E-state index is 13.9. The molecule has 144 valence electrons. The van der Waals surface area contributed by atoms with Crippen LogP contribution in [0.2, 0.25) is 5.02 Å². The van der Waals surface area contributed by atoms with Crippen molar-refractivity contribution in [1.82, 2.24) is 0 Å². The Kier molecular flexibility index (Phi) is 7.49. The smallest absolute Gasteiger partial charge is 0.453 e. The summed E-state index contributed by atoms with van der Waals surface area (Å²) in [5.41, 5.74) is -0.561. The Morgan fingerprint density at radius 1 is 1.27 bits per heavy atom. The number of esters is 1. The lowest BCUT2D eigenvalue weighted by molar-refractivity contribution is -0.176. The molecular formula is C15H15ClF4N2O4. The third-order valence-electron chi connectivity index (χ3n) is 2.68. The van der Waals surface area contributed by atoms with Crippen molar-refractivity contribution >= 4 is 29.0 Å². The van der Waals surface area contributed by atoms with Gasteiger partial charge in [0.25, 0.3) is 5.78 Å². The second-order valence-electron chi connectivity index (χ2n) is 5.13. The van der Waals surface area contributed by atoms with E-state index in [0.29, 0.717) is 0 Å². The second-order valence-corrected chi connectivity index (χ2v) is 5.54. The number of azo groups is 1. The molecule has 0 fully saturated rings. The Morgan fingerprint density at radius 3 is 2.38 bits per heavy atom. The van der Waals surface area contributed by atoms with E-state index in [9.17, 15) is 27.2 Å². The second kappa shape index (κ2) is 8.93. The van der Waals surface area contributed by atoms with Gasteiger partial charge in [-0.05, 0) is 26.8 Å². The minimum absolute atomic E-state index is 0.00634. The van der Waals surface area contributed by atoms with Crippen LogP contribution in [0.1, 0.15) is 20.8 Å². The van der Waals surface area contributed by atoms with E-state index < -0.39 is 35.5 Å². The minimum atomic E-state index is -5.35. The number of benzene rings is 1. The van der Waals surface area contributed by atoms with Crippen molar-refractivity contribution in [3.05, 3.63) is 23.0 Å². The molecule has 0 aliphatic carbocycles. The van der Waals surface area contributed by atoms with Gasteiger partial charge in [0.15, 0.2) is 5.82 Å². The van der Waals surface area contributed by atoms with Crippen LogP contribution in [0.25, 0.3) is 0 Å². The molecule has 1 atom stereocenters. The molecule has 0 bridgehead atoms. The van der Waals surface area contributed by atoms with E-state index in [1.807, 2.05) is 0 Å². The van der Waals surface area contributed by atoms with Crippen molar-refractivity contribution in [3.8, 4) is 5.75 Å². The van der Waals surface area contributed by atoms with E-state index in [1.54, 1.807) is 13.8 Å². The molecule has 0 aliphatic rings. The highest BCUT2D eigenvalue weighted by molar-refractivity contribution is 6.32. The van der Waals surface area contributed by atoms with E-state index in [1.165, 1.54) is 6.92 Å². The van der Waals surface area contributed by atoms with E-state index in [2.05, 4.69) is 15.0 Å². The number of rotatable bonds is 7. The van der Waals surface area contributed by atoms with E-state index >= 15 is 0 Å². The molecule has 0 N–H and O–H groups in total. The zero-order valence-corrected chi connectivity index (χ0v) is 14.7. The van der Waals surface area contributed by atoms with Gasteiger partial charge in [0.05, 0.1) is 17.7 Å². The van der Waals surface area contributed by atoms with E-state index in [-0.39, 0.29) is 23.5 Å². The zero-order chi connectivity index (χ0) is 20.1. The first kappa shape index (κ1) is 21.8. The Labute approximate surface area is 151 Å². The van der Waals surface area contributed by atoms with Gasteiger partial charge in [-0.25, -0.2) is 9.18 Å². The topological polar surface area (TPSA) is 77.3 Å². The number of alkyl halides is 3. The predicted octanol–water partition coefficient (Wildman–Crippen LogP) is 4.41. The maximum absolute atomic E-state index is 13.9. The standard InChI is InChI=1S/C15H15ClF4N2O4/c1-4-25-14(24)12(13(23)15(18,19)20)22-21-10-6-11(26-7(2)3)8(16)5-9(10)17/h5-7,12H,4H2,1-3H3. The van der Waals surface area contributed by atoms with Crippen LogP contribution in [0, 0.1) is 5.82 Å². The molecule has 1 rings (SSSR count). The van der Waals surface area contributed by atoms with E-state index in [0.717, 1.165) is 12.1 Å². The molecule has 0 saturated carbocycles. The average molecular weight is 399 g/mol. The van der Waals surface area contributed by atoms with Crippen molar-refractivity contribution in [2.45, 2.75) is 39.1 Å². The fourth-order valence-corrected chi connectivity index (χ4v) is 1.84. The molecule has 1 aromatic carbocycles. The van der Waals surface area contributed by atoms with Crippen LogP contribution in [-0.4, -0.2) is 36.7 Å². The first-order chi connectivity index (χ1) is 12.0. The van der Waals surface area contributed by atoms with Crippen LogP contribution in [-0.2, 0) is 14.3 Å². The fraction of sp³-hybridized carbons (Fsp3) is 0.467. The molecular weight excluding hydrogens is 384 g/mol. The number of halogens is 5. The van der Waals surface area contributed by atoms with Crippen LogP contribution in [0.5, 0.6) is 5.75 Å². The molecule has 26 heavy (non-hydrogen) atoms. The molecule has 0 amide bonds. The number of hydrogen-bond donors (Lipinski definition) is 0. The summed E-state index contributed by atoms with van der Waals surface area (Å²) < 4.78 is 61.3.